The van der Waals surface area contributed by atoms with Crippen molar-refractivity contribution in [2.75, 3.05) is 6.61 Å². The van der Waals surface area contributed by atoms with Crippen molar-refractivity contribution in [1.82, 2.24) is 19.9 Å². The first-order chi connectivity index (χ1) is 18.4. The van der Waals surface area contributed by atoms with E-state index in [1.54, 1.807) is 16.8 Å². The van der Waals surface area contributed by atoms with Crippen LogP contribution in [-0.2, 0) is 28.9 Å². The third kappa shape index (κ3) is 4.78. The molecule has 38 heavy (non-hydrogen) atoms. The summed E-state index contributed by atoms with van der Waals surface area (Å²) in [4.78, 5) is 27.6. The zero-order valence-electron chi connectivity index (χ0n) is 21.9. The lowest BCUT2D eigenvalue weighted by molar-refractivity contribution is -0.129. The van der Waals surface area contributed by atoms with Gasteiger partial charge in [-0.05, 0) is 60.6 Å². The van der Waals surface area contributed by atoms with Crippen molar-refractivity contribution in [2.45, 2.75) is 58.5 Å². The highest BCUT2D eigenvalue weighted by Crippen LogP contribution is 2.35. The number of aryl methyl sites for hydroxylation is 3. The molecular weight excluding hydrogens is 483 g/mol. The molecule has 196 valence electrons. The fourth-order valence-electron chi connectivity index (χ4n) is 5.29. The summed E-state index contributed by atoms with van der Waals surface area (Å²) in [5.74, 6) is -1.51. The standard InChI is InChI=1S/C30H31FN4O3/c1-4-21-16-22(12-11-19(21)3)25(24-13-14-26-29(28(24)31)32-33-34(26)5-2)17-27(36)35-23(18-38-30(35)37)15-20-9-7-6-8-10-20/h6-14,16,23,25H,4-5,15,17-18H2,1-3H3/t23-,25+/m1/s1. The molecule has 0 bridgehead atoms. The van der Waals surface area contributed by atoms with Gasteiger partial charge >= 0.3 is 6.09 Å². The monoisotopic (exact) mass is 514 g/mol. The molecule has 0 saturated carbocycles. The van der Waals surface area contributed by atoms with Crippen molar-refractivity contribution in [3.05, 3.63) is 94.3 Å². The van der Waals surface area contributed by atoms with Gasteiger partial charge in [-0.1, -0.05) is 66.7 Å². The third-order valence-corrected chi connectivity index (χ3v) is 7.41. The van der Waals surface area contributed by atoms with E-state index in [9.17, 15) is 9.59 Å². The maximum absolute atomic E-state index is 16.0. The molecule has 3 aromatic carbocycles. The Balaban J connectivity index is 1.53. The number of ether oxygens (including phenoxy) is 1. The van der Waals surface area contributed by atoms with Crippen LogP contribution in [-0.4, -0.2) is 44.5 Å². The molecule has 0 aliphatic carbocycles. The van der Waals surface area contributed by atoms with E-state index in [0.717, 1.165) is 28.7 Å². The summed E-state index contributed by atoms with van der Waals surface area (Å²) in [6, 6.07) is 18.7. The molecule has 0 spiro atoms. The first-order valence-electron chi connectivity index (χ1n) is 13.0. The fraction of sp³-hybridized carbons (Fsp3) is 0.333. The van der Waals surface area contributed by atoms with Gasteiger partial charge < -0.3 is 4.74 Å². The maximum atomic E-state index is 16.0. The Labute approximate surface area is 221 Å². The van der Waals surface area contributed by atoms with Crippen molar-refractivity contribution < 1.29 is 18.7 Å². The van der Waals surface area contributed by atoms with E-state index in [2.05, 4.69) is 17.2 Å². The molecule has 5 rings (SSSR count). The van der Waals surface area contributed by atoms with E-state index < -0.39 is 29.8 Å². The van der Waals surface area contributed by atoms with Gasteiger partial charge in [0.15, 0.2) is 5.82 Å². The molecule has 2 heterocycles. The number of rotatable bonds is 8. The van der Waals surface area contributed by atoms with E-state index in [1.165, 1.54) is 4.90 Å². The number of carbonyl (C=O) groups excluding carboxylic acids is 2. The lowest BCUT2D eigenvalue weighted by Crippen LogP contribution is -2.40. The van der Waals surface area contributed by atoms with Gasteiger partial charge in [0.2, 0.25) is 5.91 Å². The zero-order valence-corrected chi connectivity index (χ0v) is 21.9. The van der Waals surface area contributed by atoms with Crippen LogP contribution in [0.5, 0.6) is 0 Å². The van der Waals surface area contributed by atoms with Gasteiger partial charge in [0.05, 0.1) is 11.6 Å². The summed E-state index contributed by atoms with van der Waals surface area (Å²) in [7, 11) is 0. The Morgan fingerprint density at radius 3 is 2.66 bits per heavy atom. The maximum Gasteiger partial charge on any atom is 0.416 e. The van der Waals surface area contributed by atoms with Crippen molar-refractivity contribution in [2.24, 2.45) is 0 Å². The van der Waals surface area contributed by atoms with Crippen LogP contribution in [0.2, 0.25) is 0 Å². The lowest BCUT2D eigenvalue weighted by Gasteiger charge is -2.24. The number of aromatic nitrogens is 3. The lowest BCUT2D eigenvalue weighted by atomic mass is 9.85. The van der Waals surface area contributed by atoms with E-state index >= 15 is 4.39 Å². The number of benzene rings is 3. The molecule has 0 unspecified atom stereocenters. The highest BCUT2D eigenvalue weighted by molar-refractivity contribution is 5.94. The van der Waals surface area contributed by atoms with Crippen molar-refractivity contribution in [1.29, 1.82) is 0 Å². The number of hydrogen-bond acceptors (Lipinski definition) is 5. The topological polar surface area (TPSA) is 77.3 Å². The summed E-state index contributed by atoms with van der Waals surface area (Å²) in [6.07, 6.45) is 0.560. The number of nitrogens with zero attached hydrogens (tertiary/aromatic N) is 4. The van der Waals surface area contributed by atoms with Crippen LogP contribution in [0.15, 0.2) is 60.7 Å². The Morgan fingerprint density at radius 2 is 1.92 bits per heavy atom. The second-order valence-corrected chi connectivity index (χ2v) is 9.72. The molecule has 8 heteroatoms. The molecule has 0 N–H and O–H groups in total. The van der Waals surface area contributed by atoms with Gasteiger partial charge in [-0.25, -0.2) is 18.8 Å². The van der Waals surface area contributed by atoms with Crippen LogP contribution in [0, 0.1) is 12.7 Å². The van der Waals surface area contributed by atoms with E-state index in [-0.39, 0.29) is 18.5 Å². The van der Waals surface area contributed by atoms with Crippen LogP contribution in [0.3, 0.4) is 0 Å². The second-order valence-electron chi connectivity index (χ2n) is 9.72. The first-order valence-corrected chi connectivity index (χ1v) is 13.0. The molecule has 1 fully saturated rings. The normalized spacial score (nSPS) is 16.2. The smallest absolute Gasteiger partial charge is 0.416 e. The number of fused-ring (bicyclic) bond motifs is 1. The van der Waals surface area contributed by atoms with Crippen LogP contribution < -0.4 is 0 Å². The van der Waals surface area contributed by atoms with Gasteiger partial charge in [0, 0.05) is 18.9 Å². The molecule has 1 saturated heterocycles. The number of hydrogen-bond donors (Lipinski definition) is 0. The van der Waals surface area contributed by atoms with Crippen LogP contribution >= 0.6 is 0 Å². The fourth-order valence-corrected chi connectivity index (χ4v) is 5.29. The van der Waals surface area contributed by atoms with Gasteiger partial charge in [0.25, 0.3) is 0 Å². The SMILES string of the molecule is CCc1cc([C@H](CC(=O)N2C(=O)OC[C@H]2Cc2ccccc2)c2ccc3c(nnn3CC)c2F)ccc1C. The number of carbonyl (C=O) groups is 2. The molecule has 4 aromatic rings. The third-order valence-electron chi connectivity index (χ3n) is 7.41. The minimum Gasteiger partial charge on any atom is -0.447 e. The van der Waals surface area contributed by atoms with Crippen LogP contribution in [0.25, 0.3) is 11.0 Å². The van der Waals surface area contributed by atoms with Gasteiger partial charge in [0.1, 0.15) is 12.1 Å². The highest BCUT2D eigenvalue weighted by atomic mass is 19.1. The molecule has 1 aliphatic heterocycles. The molecule has 0 radical (unpaired) electrons. The summed E-state index contributed by atoms with van der Waals surface area (Å²) >= 11 is 0. The van der Waals surface area contributed by atoms with Crippen LogP contribution in [0.4, 0.5) is 9.18 Å². The Kier molecular flexibility index (Phi) is 7.22. The van der Waals surface area contributed by atoms with Crippen molar-refractivity contribution >= 4 is 23.0 Å². The summed E-state index contributed by atoms with van der Waals surface area (Å²) in [5, 5.41) is 8.13. The number of imide groups is 1. The van der Waals surface area contributed by atoms with Crippen molar-refractivity contribution in [3.63, 3.8) is 0 Å². The summed E-state index contributed by atoms with van der Waals surface area (Å²) in [6.45, 7) is 6.72. The van der Waals surface area contributed by atoms with Gasteiger partial charge in [-0.15, -0.1) is 5.10 Å². The molecule has 1 aromatic heterocycles. The van der Waals surface area contributed by atoms with E-state index in [1.807, 2.05) is 62.4 Å². The Bertz CT molecular complexity index is 1480. The van der Waals surface area contributed by atoms with Crippen LogP contribution in [0.1, 0.15) is 54.0 Å². The number of halogens is 1. The minimum absolute atomic E-state index is 0.0864. The molecular formula is C30H31FN4O3. The van der Waals surface area contributed by atoms with Gasteiger partial charge in [-0.3, -0.25) is 4.79 Å². The quantitative estimate of drug-likeness (QED) is 0.307. The summed E-state index contributed by atoms with van der Waals surface area (Å²) in [5.41, 5.74) is 5.21. The Hall–Kier alpha value is -4.07. The first kappa shape index (κ1) is 25.6. The summed E-state index contributed by atoms with van der Waals surface area (Å²) < 4.78 is 22.9. The minimum atomic E-state index is -0.658. The average Bonchev–Trinajstić information content (AvgIpc) is 3.52. The zero-order chi connectivity index (χ0) is 26.8. The predicted octanol–water partition coefficient (Wildman–Crippen LogP) is 5.57. The number of amides is 2. The average molecular weight is 515 g/mol. The van der Waals surface area contributed by atoms with E-state index in [0.29, 0.717) is 24.0 Å². The molecule has 1 aliphatic rings. The molecule has 2 atom stereocenters. The molecule has 7 nitrogen and oxygen atoms in total. The highest BCUT2D eigenvalue weighted by Gasteiger charge is 2.39. The largest absolute Gasteiger partial charge is 0.447 e. The second kappa shape index (κ2) is 10.7. The van der Waals surface area contributed by atoms with E-state index in [4.69, 9.17) is 4.74 Å². The molecule has 2 amide bonds. The van der Waals surface area contributed by atoms with Gasteiger partial charge in [-0.2, -0.15) is 0 Å². The van der Waals surface area contributed by atoms with Crippen molar-refractivity contribution in [3.8, 4) is 0 Å². The Morgan fingerprint density at radius 1 is 1.13 bits per heavy atom. The predicted molar refractivity (Wildman–Crippen MR) is 142 cm³/mol. The number of cyclic esters (lactones) is 1.